The number of rotatable bonds is 3. The van der Waals surface area contributed by atoms with Crippen LogP contribution in [0.4, 0.5) is 4.39 Å². The Balaban J connectivity index is 0.000000320. The van der Waals surface area contributed by atoms with E-state index in [-0.39, 0.29) is 29.8 Å². The van der Waals surface area contributed by atoms with Crippen LogP contribution in [-0.2, 0) is 4.79 Å². The fourth-order valence-electron chi connectivity index (χ4n) is 3.32. The van der Waals surface area contributed by atoms with Gasteiger partial charge in [-0.05, 0) is 51.0 Å². The number of benzene rings is 2. The van der Waals surface area contributed by atoms with Gasteiger partial charge in [0.1, 0.15) is 11.5 Å². The third-order valence-electron chi connectivity index (χ3n) is 5.00. The summed E-state index contributed by atoms with van der Waals surface area (Å²) in [7, 11) is 0. The number of carbonyl (C=O) groups is 1. The molecular weight excluding hydrogens is 417 g/mol. The van der Waals surface area contributed by atoms with Crippen LogP contribution < -0.4 is 5.32 Å². The molecule has 2 aromatic carbocycles. The number of hydrogen-bond donors (Lipinski definition) is 1. The summed E-state index contributed by atoms with van der Waals surface area (Å²) < 4.78 is 18.4. The minimum atomic E-state index is -0.288. The highest BCUT2D eigenvalue weighted by molar-refractivity contribution is 5.82. The molecule has 1 aliphatic heterocycles. The maximum Gasteiger partial charge on any atom is 0.237 e. The Hall–Kier alpha value is -2.99. The van der Waals surface area contributed by atoms with E-state index in [0.717, 1.165) is 23.7 Å². The molecule has 1 saturated heterocycles. The van der Waals surface area contributed by atoms with Gasteiger partial charge < -0.3 is 9.84 Å². The molecule has 0 spiro atoms. The highest BCUT2D eigenvalue weighted by Gasteiger charge is 2.34. The van der Waals surface area contributed by atoms with Crippen molar-refractivity contribution in [2.45, 2.75) is 59.7 Å². The lowest BCUT2D eigenvalue weighted by molar-refractivity contribution is -0.131. The van der Waals surface area contributed by atoms with E-state index in [2.05, 4.69) is 36.1 Å². The Morgan fingerprint density at radius 2 is 1.52 bits per heavy atom. The van der Waals surface area contributed by atoms with Crippen molar-refractivity contribution >= 4 is 5.91 Å². The van der Waals surface area contributed by atoms with Gasteiger partial charge in [0, 0.05) is 24.2 Å². The average Bonchev–Trinajstić information content (AvgIpc) is 3.28. The summed E-state index contributed by atoms with van der Waals surface area (Å²) in [5.41, 5.74) is 1.54. The smallest absolute Gasteiger partial charge is 0.237 e. The van der Waals surface area contributed by atoms with Crippen LogP contribution in [0.15, 0.2) is 71.3 Å². The van der Waals surface area contributed by atoms with Crippen molar-refractivity contribution in [1.82, 2.24) is 15.4 Å². The van der Waals surface area contributed by atoms with E-state index in [1.54, 1.807) is 12.1 Å². The lowest BCUT2D eigenvalue weighted by Crippen LogP contribution is -2.58. The SMILES string of the molecule is CC(C)C.CC1CN(C(C)c2cc(-c3ccc(F)cc3)on2)C(C)C(=O)N1.c1ccccc1. The molecule has 3 unspecified atom stereocenters. The largest absolute Gasteiger partial charge is 0.356 e. The van der Waals surface area contributed by atoms with Gasteiger partial charge in [0.15, 0.2) is 5.76 Å². The lowest BCUT2D eigenvalue weighted by atomic mass is 10.0. The Bertz CT molecular complexity index is 928. The van der Waals surface area contributed by atoms with Crippen molar-refractivity contribution in [3.8, 4) is 11.3 Å². The van der Waals surface area contributed by atoms with Crippen LogP contribution in [0.25, 0.3) is 11.3 Å². The van der Waals surface area contributed by atoms with Crippen LogP contribution in [0.2, 0.25) is 0 Å². The minimum absolute atomic E-state index is 0.0258. The molecule has 1 aliphatic rings. The van der Waals surface area contributed by atoms with Crippen molar-refractivity contribution in [1.29, 1.82) is 0 Å². The number of nitrogens with zero attached hydrogens (tertiary/aromatic N) is 2. The summed E-state index contributed by atoms with van der Waals surface area (Å²) in [4.78, 5) is 14.1. The zero-order chi connectivity index (χ0) is 24.4. The number of carbonyl (C=O) groups excluding carboxylic acids is 1. The van der Waals surface area contributed by atoms with Crippen LogP contribution in [0.5, 0.6) is 0 Å². The Kier molecular flexibility index (Phi) is 10.3. The first-order valence-corrected chi connectivity index (χ1v) is 11.5. The second-order valence-corrected chi connectivity index (χ2v) is 8.97. The van der Waals surface area contributed by atoms with Crippen LogP contribution >= 0.6 is 0 Å². The first kappa shape index (κ1) is 26.3. The quantitative estimate of drug-likeness (QED) is 0.521. The number of piperazine rings is 1. The van der Waals surface area contributed by atoms with Crippen LogP contribution in [0.3, 0.4) is 0 Å². The normalized spacial score (nSPS) is 19.0. The minimum Gasteiger partial charge on any atom is -0.356 e. The van der Waals surface area contributed by atoms with E-state index in [9.17, 15) is 9.18 Å². The van der Waals surface area contributed by atoms with E-state index in [1.165, 1.54) is 12.1 Å². The van der Waals surface area contributed by atoms with Crippen molar-refractivity contribution in [3.63, 3.8) is 0 Å². The molecule has 6 heteroatoms. The Morgan fingerprint density at radius 1 is 1.00 bits per heavy atom. The molecule has 178 valence electrons. The molecule has 0 radical (unpaired) electrons. The monoisotopic (exact) mass is 453 g/mol. The zero-order valence-corrected chi connectivity index (χ0v) is 20.5. The fraction of sp³-hybridized carbons (Fsp3) is 0.407. The second kappa shape index (κ2) is 12.9. The van der Waals surface area contributed by atoms with Crippen LogP contribution in [0.1, 0.15) is 53.3 Å². The van der Waals surface area contributed by atoms with Crippen molar-refractivity contribution in [3.05, 3.63) is 78.2 Å². The molecule has 0 saturated carbocycles. The van der Waals surface area contributed by atoms with E-state index >= 15 is 0 Å². The average molecular weight is 454 g/mol. The summed E-state index contributed by atoms with van der Waals surface area (Å²) >= 11 is 0. The topological polar surface area (TPSA) is 58.4 Å². The number of hydrogen-bond acceptors (Lipinski definition) is 4. The third-order valence-corrected chi connectivity index (χ3v) is 5.00. The summed E-state index contributed by atoms with van der Waals surface area (Å²) in [5.74, 6) is 1.16. The number of aromatic nitrogens is 1. The predicted octanol–water partition coefficient (Wildman–Crippen LogP) is 6.10. The zero-order valence-electron chi connectivity index (χ0n) is 20.5. The van der Waals surface area contributed by atoms with E-state index in [0.29, 0.717) is 5.76 Å². The van der Waals surface area contributed by atoms with Crippen molar-refractivity contribution < 1.29 is 13.7 Å². The molecule has 4 rings (SSSR count). The molecule has 3 aromatic rings. The molecule has 1 N–H and O–H groups in total. The van der Waals surface area contributed by atoms with Gasteiger partial charge in [-0.15, -0.1) is 0 Å². The molecule has 2 heterocycles. The first-order valence-electron chi connectivity index (χ1n) is 11.5. The van der Waals surface area contributed by atoms with Crippen molar-refractivity contribution in [2.24, 2.45) is 5.92 Å². The molecule has 33 heavy (non-hydrogen) atoms. The maximum absolute atomic E-state index is 13.0. The number of amides is 1. The summed E-state index contributed by atoms with van der Waals surface area (Å²) in [6.45, 7) is 13.1. The van der Waals surface area contributed by atoms with Gasteiger partial charge in [0.25, 0.3) is 0 Å². The molecule has 1 fully saturated rings. The molecule has 5 nitrogen and oxygen atoms in total. The first-order chi connectivity index (χ1) is 15.7. The van der Waals surface area contributed by atoms with Crippen molar-refractivity contribution in [2.75, 3.05) is 6.54 Å². The molecule has 1 amide bonds. The standard InChI is InChI=1S/C17H20FN3O2.C6H6.C4H10/c1-10-9-21(12(3)17(22)19-10)11(2)15-8-16(23-20-15)13-4-6-14(18)7-5-13;1-2-4-6-5-3-1;1-4(2)3/h4-8,10-12H,9H2,1-3H3,(H,19,22);1-6H;4H,1-3H3. The van der Waals surface area contributed by atoms with Gasteiger partial charge in [-0.25, -0.2) is 4.39 Å². The van der Waals surface area contributed by atoms with Gasteiger partial charge in [-0.2, -0.15) is 0 Å². The third kappa shape index (κ3) is 8.46. The summed E-state index contributed by atoms with van der Waals surface area (Å²) in [5, 5.41) is 7.07. The lowest BCUT2D eigenvalue weighted by Gasteiger charge is -2.39. The summed E-state index contributed by atoms with van der Waals surface area (Å²) in [6.07, 6.45) is 0. The molecular formula is C27H36FN3O2. The summed E-state index contributed by atoms with van der Waals surface area (Å²) in [6, 6.07) is 19.8. The Morgan fingerprint density at radius 3 is 2.03 bits per heavy atom. The highest BCUT2D eigenvalue weighted by Crippen LogP contribution is 2.28. The fourth-order valence-corrected chi connectivity index (χ4v) is 3.32. The Labute approximate surface area is 197 Å². The predicted molar refractivity (Wildman–Crippen MR) is 131 cm³/mol. The number of nitrogens with one attached hydrogen (secondary N) is 1. The second-order valence-electron chi connectivity index (χ2n) is 8.97. The van der Waals surface area contributed by atoms with Gasteiger partial charge in [0.05, 0.1) is 12.1 Å². The van der Waals surface area contributed by atoms with Crippen LogP contribution in [-0.4, -0.2) is 34.6 Å². The number of halogens is 1. The molecule has 3 atom stereocenters. The van der Waals surface area contributed by atoms with Gasteiger partial charge in [0.2, 0.25) is 5.91 Å². The molecule has 1 aromatic heterocycles. The molecule has 0 aliphatic carbocycles. The van der Waals surface area contributed by atoms with E-state index < -0.39 is 0 Å². The van der Waals surface area contributed by atoms with E-state index in [4.69, 9.17) is 4.52 Å². The van der Waals surface area contributed by atoms with Gasteiger partial charge in [-0.1, -0.05) is 62.3 Å². The maximum atomic E-state index is 13.0. The van der Waals surface area contributed by atoms with E-state index in [1.807, 2.05) is 63.2 Å². The highest BCUT2D eigenvalue weighted by atomic mass is 19.1. The van der Waals surface area contributed by atoms with Crippen LogP contribution in [0, 0.1) is 11.7 Å². The molecule has 0 bridgehead atoms. The van der Waals surface area contributed by atoms with Gasteiger partial charge in [-0.3, -0.25) is 9.69 Å². The van der Waals surface area contributed by atoms with Gasteiger partial charge >= 0.3 is 0 Å².